The highest BCUT2D eigenvalue weighted by molar-refractivity contribution is 6.31. The molecule has 1 aromatic heterocycles. The van der Waals surface area contributed by atoms with Gasteiger partial charge in [0, 0.05) is 26.2 Å². The molecule has 1 saturated heterocycles. The van der Waals surface area contributed by atoms with E-state index in [0.717, 1.165) is 48.5 Å². The van der Waals surface area contributed by atoms with Crippen molar-refractivity contribution in [2.75, 3.05) is 19.6 Å². The summed E-state index contributed by atoms with van der Waals surface area (Å²) in [5.41, 5.74) is 2.08. The summed E-state index contributed by atoms with van der Waals surface area (Å²) < 4.78 is 1.93. The first-order valence-corrected chi connectivity index (χ1v) is 7.66. The van der Waals surface area contributed by atoms with Crippen LogP contribution in [-0.2, 0) is 13.6 Å². The third kappa shape index (κ3) is 2.96. The summed E-state index contributed by atoms with van der Waals surface area (Å²) in [5.74, 6) is 0.907. The second-order valence-corrected chi connectivity index (χ2v) is 6.33. The van der Waals surface area contributed by atoms with Crippen LogP contribution in [-0.4, -0.2) is 40.4 Å². The van der Waals surface area contributed by atoms with Crippen molar-refractivity contribution in [3.63, 3.8) is 0 Å². The molecule has 0 aromatic carbocycles. The van der Waals surface area contributed by atoms with Crippen molar-refractivity contribution < 1.29 is 0 Å². The Balaban J connectivity index is 1.70. The first kappa shape index (κ1) is 13.4. The van der Waals surface area contributed by atoms with Crippen LogP contribution in [0.25, 0.3) is 0 Å². The number of rotatable bonds is 3. The van der Waals surface area contributed by atoms with Crippen molar-refractivity contribution in [1.29, 1.82) is 0 Å². The molecule has 4 nitrogen and oxygen atoms in total. The number of hydrogen-bond acceptors (Lipinski definition) is 3. The lowest BCUT2D eigenvalue weighted by molar-refractivity contribution is 0.245. The van der Waals surface area contributed by atoms with Crippen molar-refractivity contribution in [3.8, 4) is 0 Å². The normalized spacial score (nSPS) is 25.5. The van der Waals surface area contributed by atoms with Crippen molar-refractivity contribution in [2.45, 2.75) is 38.8 Å². The maximum Gasteiger partial charge on any atom is 0.0860 e. The summed E-state index contributed by atoms with van der Waals surface area (Å²) in [6, 6.07) is 0.676. The van der Waals surface area contributed by atoms with Gasteiger partial charge in [0.15, 0.2) is 0 Å². The highest BCUT2D eigenvalue weighted by Crippen LogP contribution is 2.34. The van der Waals surface area contributed by atoms with Gasteiger partial charge in [0.05, 0.1) is 16.4 Å². The van der Waals surface area contributed by atoms with Gasteiger partial charge in [-0.15, -0.1) is 0 Å². The van der Waals surface area contributed by atoms with Crippen LogP contribution in [0.3, 0.4) is 0 Å². The molecule has 1 aromatic rings. The van der Waals surface area contributed by atoms with E-state index in [9.17, 15) is 0 Å². The summed E-state index contributed by atoms with van der Waals surface area (Å²) in [6.45, 7) is 6.34. The minimum absolute atomic E-state index is 0.676. The number of aryl methyl sites for hydroxylation is 2. The first-order chi connectivity index (χ1) is 9.15. The molecular weight excluding hydrogens is 260 g/mol. The minimum atomic E-state index is 0.676. The van der Waals surface area contributed by atoms with Crippen molar-refractivity contribution >= 4 is 11.6 Å². The molecule has 1 N–H and O–H groups in total. The molecular formula is C14H23ClN4. The number of aromatic nitrogens is 2. The third-order valence-electron chi connectivity index (χ3n) is 4.34. The van der Waals surface area contributed by atoms with Crippen LogP contribution in [0, 0.1) is 12.8 Å². The van der Waals surface area contributed by atoms with Crippen LogP contribution >= 0.6 is 11.6 Å². The second kappa shape index (κ2) is 5.43. The Kier molecular flexibility index (Phi) is 3.83. The fourth-order valence-electron chi connectivity index (χ4n) is 3.05. The zero-order valence-electron chi connectivity index (χ0n) is 11.8. The molecule has 0 amide bonds. The van der Waals surface area contributed by atoms with E-state index in [4.69, 9.17) is 11.6 Å². The Morgan fingerprint density at radius 2 is 2.21 bits per heavy atom. The van der Waals surface area contributed by atoms with Crippen molar-refractivity contribution in [1.82, 2.24) is 20.0 Å². The fourth-order valence-corrected chi connectivity index (χ4v) is 3.27. The van der Waals surface area contributed by atoms with Gasteiger partial charge < -0.3 is 5.32 Å². The van der Waals surface area contributed by atoms with Gasteiger partial charge in [-0.25, -0.2) is 0 Å². The molecule has 1 unspecified atom stereocenters. The number of halogens is 1. The molecule has 3 rings (SSSR count). The standard InChI is InChI=1S/C14H23ClN4/c1-10-14(15)13(18(2)17-10)9-19-7-3-6-16-12(8-19)11-4-5-11/h11-12,16H,3-9H2,1-2H3. The molecule has 0 bridgehead atoms. The molecule has 1 aliphatic heterocycles. The minimum Gasteiger partial charge on any atom is -0.312 e. The molecule has 2 fully saturated rings. The van der Waals surface area contributed by atoms with Crippen molar-refractivity contribution in [2.24, 2.45) is 13.0 Å². The zero-order valence-corrected chi connectivity index (χ0v) is 12.6. The summed E-state index contributed by atoms with van der Waals surface area (Å²) in [4.78, 5) is 2.53. The molecule has 0 spiro atoms. The summed E-state index contributed by atoms with van der Waals surface area (Å²) in [5, 5.41) is 8.94. The SMILES string of the molecule is Cc1nn(C)c(CN2CCCNC(C3CC3)C2)c1Cl. The predicted molar refractivity (Wildman–Crippen MR) is 77.4 cm³/mol. The molecule has 0 radical (unpaired) electrons. The Hall–Kier alpha value is -0.580. The van der Waals surface area contributed by atoms with E-state index in [1.54, 1.807) is 0 Å². The summed E-state index contributed by atoms with van der Waals surface area (Å²) in [7, 11) is 1.99. The third-order valence-corrected chi connectivity index (χ3v) is 4.83. The lowest BCUT2D eigenvalue weighted by Gasteiger charge is -2.24. The van der Waals surface area contributed by atoms with E-state index in [1.165, 1.54) is 19.3 Å². The fraction of sp³-hybridized carbons (Fsp3) is 0.786. The molecule has 1 aliphatic carbocycles. The van der Waals surface area contributed by atoms with Gasteiger partial charge >= 0.3 is 0 Å². The Bertz CT molecular complexity index is 453. The number of nitrogens with one attached hydrogen (secondary N) is 1. The Morgan fingerprint density at radius 3 is 2.84 bits per heavy atom. The van der Waals surface area contributed by atoms with Crippen molar-refractivity contribution in [3.05, 3.63) is 16.4 Å². The summed E-state index contributed by atoms with van der Waals surface area (Å²) in [6.07, 6.45) is 4.02. The average Bonchev–Trinajstić information content (AvgIpc) is 3.17. The van der Waals surface area contributed by atoms with E-state index >= 15 is 0 Å². The molecule has 1 atom stereocenters. The van der Waals surface area contributed by atoms with Crippen LogP contribution in [0.1, 0.15) is 30.7 Å². The Morgan fingerprint density at radius 1 is 1.42 bits per heavy atom. The highest BCUT2D eigenvalue weighted by Gasteiger charge is 2.33. The van der Waals surface area contributed by atoms with Gasteiger partial charge in [-0.3, -0.25) is 9.58 Å². The van der Waals surface area contributed by atoms with E-state index in [0.29, 0.717) is 6.04 Å². The lowest BCUT2D eigenvalue weighted by Crippen LogP contribution is -2.39. The van der Waals surface area contributed by atoms with Gasteiger partial charge in [0.25, 0.3) is 0 Å². The lowest BCUT2D eigenvalue weighted by atomic mass is 10.2. The molecule has 19 heavy (non-hydrogen) atoms. The monoisotopic (exact) mass is 282 g/mol. The quantitative estimate of drug-likeness (QED) is 0.920. The van der Waals surface area contributed by atoms with Gasteiger partial charge in [0.2, 0.25) is 0 Å². The van der Waals surface area contributed by atoms with Gasteiger partial charge in [-0.05, 0) is 45.2 Å². The van der Waals surface area contributed by atoms with Crippen LogP contribution in [0.2, 0.25) is 5.02 Å². The molecule has 5 heteroatoms. The number of hydrogen-bond donors (Lipinski definition) is 1. The summed E-state index contributed by atoms with van der Waals surface area (Å²) >= 11 is 6.36. The van der Waals surface area contributed by atoms with Crippen LogP contribution in [0.4, 0.5) is 0 Å². The topological polar surface area (TPSA) is 33.1 Å². The molecule has 1 saturated carbocycles. The van der Waals surface area contributed by atoms with E-state index < -0.39 is 0 Å². The predicted octanol–water partition coefficient (Wildman–Crippen LogP) is 1.96. The largest absolute Gasteiger partial charge is 0.312 e. The molecule has 2 heterocycles. The smallest absolute Gasteiger partial charge is 0.0860 e. The average molecular weight is 283 g/mol. The van der Waals surface area contributed by atoms with E-state index in [-0.39, 0.29) is 0 Å². The van der Waals surface area contributed by atoms with E-state index in [1.807, 2.05) is 18.7 Å². The molecule has 2 aliphatic rings. The number of nitrogens with zero attached hydrogens (tertiary/aromatic N) is 3. The maximum atomic E-state index is 6.36. The Labute approximate surface area is 120 Å². The van der Waals surface area contributed by atoms with Crippen LogP contribution < -0.4 is 5.32 Å². The maximum absolute atomic E-state index is 6.36. The second-order valence-electron chi connectivity index (χ2n) is 5.96. The van der Waals surface area contributed by atoms with Gasteiger partial charge in [-0.1, -0.05) is 11.6 Å². The van der Waals surface area contributed by atoms with Gasteiger partial charge in [-0.2, -0.15) is 5.10 Å². The zero-order chi connectivity index (χ0) is 13.4. The van der Waals surface area contributed by atoms with Crippen LogP contribution in [0.15, 0.2) is 0 Å². The molecule has 106 valence electrons. The first-order valence-electron chi connectivity index (χ1n) is 7.29. The van der Waals surface area contributed by atoms with E-state index in [2.05, 4.69) is 15.3 Å². The highest BCUT2D eigenvalue weighted by atomic mass is 35.5. The van der Waals surface area contributed by atoms with Gasteiger partial charge in [0.1, 0.15) is 0 Å². The van der Waals surface area contributed by atoms with Crippen LogP contribution in [0.5, 0.6) is 0 Å².